The predicted octanol–water partition coefficient (Wildman–Crippen LogP) is 3.94. The number of nitrogens with zero attached hydrogens (tertiary/aromatic N) is 2. The molecule has 0 saturated heterocycles. The highest BCUT2D eigenvalue weighted by Gasteiger charge is 2.08. The molecule has 0 aliphatic carbocycles. The van der Waals surface area contributed by atoms with Gasteiger partial charge in [0.1, 0.15) is 0 Å². The number of thiophene rings is 1. The first-order valence-electron chi connectivity index (χ1n) is 5.97. The fraction of sp³-hybridized carbons (Fsp3) is 0.0667. The van der Waals surface area contributed by atoms with E-state index in [0.29, 0.717) is 6.42 Å². The van der Waals surface area contributed by atoms with Crippen molar-refractivity contribution in [2.45, 2.75) is 6.42 Å². The first-order valence-corrected chi connectivity index (χ1v) is 6.85. The molecule has 0 fully saturated rings. The van der Waals surface area contributed by atoms with Gasteiger partial charge in [0.25, 0.3) is 0 Å². The predicted molar refractivity (Wildman–Crippen MR) is 86.2 cm³/mol. The maximum Gasteiger partial charge on any atom is 0.177 e. The Kier molecular flexibility index (Phi) is 4.87. The molecule has 5 heteroatoms. The van der Waals surface area contributed by atoms with E-state index in [4.69, 9.17) is 0 Å². The first-order chi connectivity index (χ1) is 9.33. The minimum Gasteiger partial charge on any atom is -0.306 e. The maximum absolute atomic E-state index is 12.1. The van der Waals surface area contributed by atoms with Crippen LogP contribution >= 0.6 is 28.3 Å². The highest BCUT2D eigenvalue weighted by Crippen LogP contribution is 2.15. The second kappa shape index (κ2) is 6.63. The van der Waals surface area contributed by atoms with Crippen molar-refractivity contribution in [1.29, 1.82) is 0 Å². The van der Waals surface area contributed by atoms with Crippen molar-refractivity contribution in [3.8, 4) is 5.69 Å². The average molecular weight is 349 g/mol. The molecule has 3 nitrogen and oxygen atoms in total. The molecule has 3 aromatic rings. The molecule has 2 aromatic heterocycles. The van der Waals surface area contributed by atoms with Crippen molar-refractivity contribution in [3.63, 3.8) is 0 Å². The summed E-state index contributed by atoms with van der Waals surface area (Å²) < 4.78 is 1.93. The number of carbonyl (C=O) groups is 1. The van der Waals surface area contributed by atoms with Gasteiger partial charge in [0.15, 0.2) is 5.78 Å². The van der Waals surface area contributed by atoms with Crippen LogP contribution in [0.3, 0.4) is 0 Å². The summed E-state index contributed by atoms with van der Waals surface area (Å²) in [5.41, 5.74) is 2.04. The van der Waals surface area contributed by atoms with Crippen molar-refractivity contribution in [2.24, 2.45) is 0 Å². The van der Waals surface area contributed by atoms with Gasteiger partial charge in [-0.2, -0.15) is 0 Å². The van der Waals surface area contributed by atoms with Gasteiger partial charge >= 0.3 is 0 Å². The number of aromatic nitrogens is 2. The molecule has 102 valence electrons. The van der Waals surface area contributed by atoms with Gasteiger partial charge in [0.2, 0.25) is 0 Å². The Morgan fingerprint density at radius 1 is 1.25 bits per heavy atom. The number of carbonyl (C=O) groups excluding carboxylic acids is 1. The van der Waals surface area contributed by atoms with E-state index in [0.717, 1.165) is 16.1 Å². The molecule has 3 rings (SSSR count). The van der Waals surface area contributed by atoms with Gasteiger partial charge in [-0.1, -0.05) is 18.2 Å². The van der Waals surface area contributed by atoms with Crippen molar-refractivity contribution >= 4 is 34.1 Å². The van der Waals surface area contributed by atoms with E-state index < -0.39 is 0 Å². The normalized spacial score (nSPS) is 10.0. The minimum absolute atomic E-state index is 0. The molecule has 0 saturated carbocycles. The van der Waals surface area contributed by atoms with Gasteiger partial charge in [-0.15, -0.1) is 28.3 Å². The molecule has 1 aromatic carbocycles. The van der Waals surface area contributed by atoms with Crippen LogP contribution in [0.1, 0.15) is 15.2 Å². The molecule has 0 atom stereocenters. The summed E-state index contributed by atoms with van der Waals surface area (Å²) in [6, 6.07) is 11.7. The van der Waals surface area contributed by atoms with Crippen LogP contribution < -0.4 is 0 Å². The molecule has 0 aliphatic rings. The Morgan fingerprint density at radius 2 is 2.15 bits per heavy atom. The largest absolute Gasteiger partial charge is 0.306 e. The molecule has 20 heavy (non-hydrogen) atoms. The topological polar surface area (TPSA) is 34.9 Å². The smallest absolute Gasteiger partial charge is 0.177 e. The molecular weight excluding hydrogens is 336 g/mol. The van der Waals surface area contributed by atoms with Crippen molar-refractivity contribution in [3.05, 3.63) is 70.9 Å². The lowest BCUT2D eigenvalue weighted by Gasteiger charge is -2.05. The van der Waals surface area contributed by atoms with Crippen LogP contribution in [0.5, 0.6) is 0 Å². The molecule has 0 bridgehead atoms. The highest BCUT2D eigenvalue weighted by atomic mass is 79.9. The maximum atomic E-state index is 12.1. The molecule has 0 N–H and O–H groups in total. The van der Waals surface area contributed by atoms with E-state index >= 15 is 0 Å². The number of hydrogen-bond acceptors (Lipinski definition) is 3. The standard InChI is InChI=1S/C15H12N2OS.BrH/c18-14(15-5-2-8-19-15)10-12-3-1-4-13(9-12)17-7-6-16-11-17;/h1-9,11H,10H2;1H. The van der Waals surface area contributed by atoms with Crippen LogP contribution in [0.4, 0.5) is 0 Å². The summed E-state index contributed by atoms with van der Waals surface area (Å²) in [7, 11) is 0. The number of imidazole rings is 1. The second-order valence-electron chi connectivity index (χ2n) is 4.22. The molecule has 2 heterocycles. The minimum atomic E-state index is 0. The zero-order chi connectivity index (χ0) is 13.1. The number of benzene rings is 1. The number of rotatable bonds is 4. The summed E-state index contributed by atoms with van der Waals surface area (Å²) in [4.78, 5) is 16.9. The quantitative estimate of drug-likeness (QED) is 0.669. The fourth-order valence-electron chi connectivity index (χ4n) is 1.95. The lowest BCUT2D eigenvalue weighted by Crippen LogP contribution is -2.02. The zero-order valence-electron chi connectivity index (χ0n) is 10.6. The number of halogens is 1. The summed E-state index contributed by atoms with van der Waals surface area (Å²) in [6.07, 6.45) is 5.81. The Balaban J connectivity index is 0.00000147. The average Bonchev–Trinajstić information content (AvgIpc) is 3.13. The molecule has 0 amide bonds. The van der Waals surface area contributed by atoms with Crippen LogP contribution in [-0.2, 0) is 6.42 Å². The SMILES string of the molecule is Br.O=C(Cc1cccc(-n2ccnc2)c1)c1cccs1. The number of ketones is 1. The lowest BCUT2D eigenvalue weighted by atomic mass is 10.1. The van der Waals surface area contributed by atoms with Gasteiger partial charge in [0, 0.05) is 24.5 Å². The van der Waals surface area contributed by atoms with Crippen molar-refractivity contribution in [2.75, 3.05) is 0 Å². The summed E-state index contributed by atoms with van der Waals surface area (Å²) >= 11 is 1.49. The van der Waals surface area contributed by atoms with E-state index in [1.54, 1.807) is 12.5 Å². The summed E-state index contributed by atoms with van der Waals surface area (Å²) in [5, 5.41) is 1.93. The number of hydrogen-bond donors (Lipinski definition) is 0. The van der Waals surface area contributed by atoms with Gasteiger partial charge in [-0.25, -0.2) is 4.98 Å². The highest BCUT2D eigenvalue weighted by molar-refractivity contribution is 8.93. The number of Topliss-reactive ketones (excluding diaryl/α,β-unsaturated/α-hetero) is 1. The summed E-state index contributed by atoms with van der Waals surface area (Å²) in [6.45, 7) is 0. The van der Waals surface area contributed by atoms with Gasteiger partial charge in [0.05, 0.1) is 11.2 Å². The van der Waals surface area contributed by atoms with Gasteiger partial charge < -0.3 is 4.57 Å². The molecule has 0 spiro atoms. The first kappa shape index (κ1) is 14.7. The van der Waals surface area contributed by atoms with E-state index in [2.05, 4.69) is 4.98 Å². The molecule has 0 aliphatic heterocycles. The van der Waals surface area contributed by atoms with Crippen molar-refractivity contribution < 1.29 is 4.79 Å². The zero-order valence-corrected chi connectivity index (χ0v) is 13.1. The van der Waals surface area contributed by atoms with E-state index in [-0.39, 0.29) is 22.8 Å². The Labute approximate surface area is 131 Å². The Hall–Kier alpha value is -1.72. The third-order valence-electron chi connectivity index (χ3n) is 2.87. The van der Waals surface area contributed by atoms with Gasteiger partial charge in [-0.05, 0) is 29.1 Å². The lowest BCUT2D eigenvalue weighted by molar-refractivity contribution is 0.0997. The van der Waals surface area contributed by atoms with Crippen LogP contribution in [0.25, 0.3) is 5.69 Å². The fourth-order valence-corrected chi connectivity index (χ4v) is 2.61. The third-order valence-corrected chi connectivity index (χ3v) is 3.78. The van der Waals surface area contributed by atoms with Crippen LogP contribution in [0.2, 0.25) is 0 Å². The molecule has 0 unspecified atom stereocenters. The Bertz CT molecular complexity index is 678. The van der Waals surface area contributed by atoms with E-state index in [9.17, 15) is 4.79 Å². The van der Waals surface area contributed by atoms with Gasteiger partial charge in [-0.3, -0.25) is 4.79 Å². The third kappa shape index (κ3) is 3.23. The van der Waals surface area contributed by atoms with E-state index in [1.165, 1.54) is 11.3 Å². The molecule has 0 radical (unpaired) electrons. The Morgan fingerprint density at radius 3 is 2.85 bits per heavy atom. The molecular formula is C15H13BrN2OS. The van der Waals surface area contributed by atoms with Crippen LogP contribution in [0, 0.1) is 0 Å². The summed E-state index contributed by atoms with van der Waals surface area (Å²) in [5.74, 6) is 0.165. The van der Waals surface area contributed by atoms with Crippen LogP contribution in [0.15, 0.2) is 60.5 Å². The van der Waals surface area contributed by atoms with Crippen LogP contribution in [-0.4, -0.2) is 15.3 Å². The monoisotopic (exact) mass is 348 g/mol. The van der Waals surface area contributed by atoms with Crippen molar-refractivity contribution in [1.82, 2.24) is 9.55 Å². The second-order valence-corrected chi connectivity index (χ2v) is 5.16. The van der Waals surface area contributed by atoms with E-state index in [1.807, 2.05) is 52.5 Å².